The molecular formula is C60H42N2. The number of hydrogen-bond acceptors (Lipinski definition) is 1. The van der Waals surface area contributed by atoms with Gasteiger partial charge in [-0.05, 0) is 105 Å². The van der Waals surface area contributed by atoms with Crippen LogP contribution in [-0.4, -0.2) is 4.57 Å². The van der Waals surface area contributed by atoms with E-state index in [0.717, 1.165) is 39.4 Å². The number of anilines is 3. The molecule has 1 aromatic heterocycles. The lowest BCUT2D eigenvalue weighted by Gasteiger charge is -2.29. The highest BCUT2D eigenvalue weighted by molar-refractivity contribution is 6.10. The van der Waals surface area contributed by atoms with E-state index in [0.29, 0.717) is 0 Å². The zero-order valence-corrected chi connectivity index (χ0v) is 34.1. The van der Waals surface area contributed by atoms with Gasteiger partial charge in [-0.25, -0.2) is 0 Å². The van der Waals surface area contributed by atoms with Gasteiger partial charge < -0.3 is 9.47 Å². The summed E-state index contributed by atoms with van der Waals surface area (Å²) in [4.78, 5) is 2.42. The first-order valence-corrected chi connectivity index (χ1v) is 21.3. The summed E-state index contributed by atoms with van der Waals surface area (Å²) in [6.07, 6.45) is 0. The fourth-order valence-corrected chi connectivity index (χ4v) is 9.13. The Morgan fingerprint density at radius 1 is 0.258 bits per heavy atom. The summed E-state index contributed by atoms with van der Waals surface area (Å²) in [5, 5.41) is 2.44. The van der Waals surface area contributed by atoms with E-state index in [-0.39, 0.29) is 0 Å². The Bertz CT molecular complexity index is 3310. The van der Waals surface area contributed by atoms with E-state index in [4.69, 9.17) is 0 Å². The van der Waals surface area contributed by atoms with E-state index >= 15 is 0 Å². The van der Waals surface area contributed by atoms with Gasteiger partial charge >= 0.3 is 0 Å². The van der Waals surface area contributed by atoms with Crippen LogP contribution in [0.5, 0.6) is 0 Å². The molecule has 11 rings (SSSR count). The predicted molar refractivity (Wildman–Crippen MR) is 263 cm³/mol. The first-order chi connectivity index (χ1) is 30.8. The Hall–Kier alpha value is -8.20. The van der Waals surface area contributed by atoms with E-state index in [1.807, 2.05) is 0 Å². The normalized spacial score (nSPS) is 11.2. The lowest BCUT2D eigenvalue weighted by Crippen LogP contribution is -2.11. The molecule has 292 valence electrons. The van der Waals surface area contributed by atoms with Gasteiger partial charge in [0.1, 0.15) is 0 Å². The summed E-state index contributed by atoms with van der Waals surface area (Å²) in [5.74, 6) is 0. The lowest BCUT2D eigenvalue weighted by atomic mass is 9.91. The topological polar surface area (TPSA) is 8.17 Å². The molecule has 1 heterocycles. The van der Waals surface area contributed by atoms with E-state index < -0.39 is 0 Å². The number of nitrogens with zero attached hydrogens (tertiary/aromatic N) is 2. The maximum atomic E-state index is 2.42. The fraction of sp³-hybridized carbons (Fsp3) is 0. The van der Waals surface area contributed by atoms with E-state index in [2.05, 4.69) is 264 Å². The average molecular weight is 791 g/mol. The summed E-state index contributed by atoms with van der Waals surface area (Å²) in [7, 11) is 0. The molecule has 2 nitrogen and oxygen atoms in total. The third kappa shape index (κ3) is 6.74. The van der Waals surface area contributed by atoms with Crippen LogP contribution in [0.2, 0.25) is 0 Å². The van der Waals surface area contributed by atoms with Crippen molar-refractivity contribution < 1.29 is 0 Å². The predicted octanol–water partition coefficient (Wildman–Crippen LogP) is 16.6. The van der Waals surface area contributed by atoms with Crippen molar-refractivity contribution in [2.75, 3.05) is 4.90 Å². The molecule has 0 saturated heterocycles. The Morgan fingerprint density at radius 3 is 1.27 bits per heavy atom. The second-order valence-corrected chi connectivity index (χ2v) is 15.7. The number of para-hydroxylation sites is 2. The molecule has 62 heavy (non-hydrogen) atoms. The highest BCUT2D eigenvalue weighted by atomic mass is 15.1. The van der Waals surface area contributed by atoms with E-state index in [1.54, 1.807) is 0 Å². The van der Waals surface area contributed by atoms with Crippen molar-refractivity contribution >= 4 is 38.9 Å². The third-order valence-corrected chi connectivity index (χ3v) is 12.0. The van der Waals surface area contributed by atoms with Gasteiger partial charge in [0.25, 0.3) is 0 Å². The van der Waals surface area contributed by atoms with Crippen molar-refractivity contribution in [1.29, 1.82) is 0 Å². The molecule has 0 aliphatic rings. The highest BCUT2D eigenvalue weighted by Gasteiger charge is 2.21. The van der Waals surface area contributed by atoms with Crippen molar-refractivity contribution in [1.82, 2.24) is 4.57 Å². The number of aromatic nitrogens is 1. The Balaban J connectivity index is 1.08. The van der Waals surface area contributed by atoms with Crippen LogP contribution in [-0.2, 0) is 0 Å². The number of rotatable bonds is 9. The van der Waals surface area contributed by atoms with Crippen LogP contribution < -0.4 is 4.90 Å². The molecule has 0 unspecified atom stereocenters. The summed E-state index contributed by atoms with van der Waals surface area (Å²) in [6, 6.07) is 92.0. The van der Waals surface area contributed by atoms with Crippen LogP contribution in [0.3, 0.4) is 0 Å². The second kappa shape index (κ2) is 16.1. The largest absolute Gasteiger partial charge is 0.310 e. The average Bonchev–Trinajstić information content (AvgIpc) is 3.69. The van der Waals surface area contributed by atoms with Crippen LogP contribution in [0.15, 0.2) is 255 Å². The van der Waals surface area contributed by atoms with Crippen molar-refractivity contribution in [3.05, 3.63) is 255 Å². The van der Waals surface area contributed by atoms with Gasteiger partial charge in [0.15, 0.2) is 0 Å². The molecule has 0 saturated carbocycles. The van der Waals surface area contributed by atoms with Crippen molar-refractivity contribution in [3.8, 4) is 61.3 Å². The van der Waals surface area contributed by atoms with Gasteiger partial charge in [-0.3, -0.25) is 0 Å². The minimum Gasteiger partial charge on any atom is -0.310 e. The number of fused-ring (bicyclic) bond motifs is 3. The summed E-state index contributed by atoms with van der Waals surface area (Å²) in [6.45, 7) is 0. The minimum absolute atomic E-state index is 1.08. The molecule has 0 fully saturated rings. The summed E-state index contributed by atoms with van der Waals surface area (Å²) < 4.78 is 2.42. The van der Waals surface area contributed by atoms with Gasteiger partial charge in [0.05, 0.1) is 16.7 Å². The summed E-state index contributed by atoms with van der Waals surface area (Å²) in [5.41, 5.74) is 18.7. The molecule has 2 heteroatoms. The Morgan fingerprint density at radius 2 is 0.694 bits per heavy atom. The van der Waals surface area contributed by atoms with Gasteiger partial charge in [0.2, 0.25) is 0 Å². The van der Waals surface area contributed by atoms with Crippen LogP contribution >= 0.6 is 0 Å². The maximum absolute atomic E-state index is 2.42. The lowest BCUT2D eigenvalue weighted by molar-refractivity contribution is 1.18. The Kier molecular flexibility index (Phi) is 9.57. The molecule has 0 spiro atoms. The van der Waals surface area contributed by atoms with Crippen LogP contribution in [0.25, 0.3) is 83.1 Å². The second-order valence-electron chi connectivity index (χ2n) is 15.7. The van der Waals surface area contributed by atoms with Crippen LogP contribution in [0.4, 0.5) is 17.1 Å². The molecular weight excluding hydrogens is 749 g/mol. The van der Waals surface area contributed by atoms with Gasteiger partial charge in [0, 0.05) is 33.4 Å². The fourth-order valence-electron chi connectivity index (χ4n) is 9.13. The standard InChI is InChI=1S/C60H42N2/c1-5-19-43(20-6-1)51-27-13-14-29-53(51)46-33-36-49(37-34-46)62-58-32-18-17-31-55(58)56-39-38-50(42-60(56)62)61(48-25-11-4-12-26-48)59-40-35-47(41-57(59)45-23-9-3-10-24-45)54-30-16-15-28-52(54)44-21-7-2-8-22-44/h1-42H. The van der Waals surface area contributed by atoms with Gasteiger partial charge in [-0.2, -0.15) is 0 Å². The van der Waals surface area contributed by atoms with Crippen LogP contribution in [0, 0.1) is 0 Å². The molecule has 0 amide bonds. The van der Waals surface area contributed by atoms with E-state index in [9.17, 15) is 0 Å². The molecule has 11 aromatic rings. The molecule has 0 aliphatic carbocycles. The van der Waals surface area contributed by atoms with E-state index in [1.165, 1.54) is 60.8 Å². The Labute approximate surface area is 362 Å². The quantitative estimate of drug-likeness (QED) is 0.141. The third-order valence-electron chi connectivity index (χ3n) is 12.0. The molecule has 0 radical (unpaired) electrons. The number of benzene rings is 10. The van der Waals surface area contributed by atoms with Crippen molar-refractivity contribution in [2.24, 2.45) is 0 Å². The zero-order valence-electron chi connectivity index (χ0n) is 34.1. The molecule has 0 bridgehead atoms. The SMILES string of the molecule is c1ccc(-c2ccccc2-c2ccc(-n3c4ccccc4c4ccc(N(c5ccccc5)c5ccc(-c6ccccc6-c6ccccc6)cc5-c5ccccc5)cc43)cc2)cc1. The monoisotopic (exact) mass is 790 g/mol. The van der Waals surface area contributed by atoms with Crippen molar-refractivity contribution in [2.45, 2.75) is 0 Å². The molecule has 0 aliphatic heterocycles. The highest BCUT2D eigenvalue weighted by Crippen LogP contribution is 2.45. The van der Waals surface area contributed by atoms with Crippen LogP contribution in [0.1, 0.15) is 0 Å². The smallest absolute Gasteiger partial charge is 0.0561 e. The number of hydrogen-bond donors (Lipinski definition) is 0. The first kappa shape index (κ1) is 36.8. The van der Waals surface area contributed by atoms with Gasteiger partial charge in [-0.1, -0.05) is 200 Å². The maximum Gasteiger partial charge on any atom is 0.0561 e. The zero-order chi connectivity index (χ0) is 41.2. The first-order valence-electron chi connectivity index (χ1n) is 21.3. The summed E-state index contributed by atoms with van der Waals surface area (Å²) >= 11 is 0. The molecule has 0 N–H and O–H groups in total. The van der Waals surface area contributed by atoms with Gasteiger partial charge in [-0.15, -0.1) is 0 Å². The van der Waals surface area contributed by atoms with Crippen molar-refractivity contribution in [3.63, 3.8) is 0 Å². The minimum atomic E-state index is 1.08. The molecule has 10 aromatic carbocycles. The molecule has 0 atom stereocenters.